The lowest BCUT2D eigenvalue weighted by Crippen LogP contribution is -1.98. The van der Waals surface area contributed by atoms with Crippen molar-refractivity contribution in [3.63, 3.8) is 0 Å². The van der Waals surface area contributed by atoms with Gasteiger partial charge in [-0.2, -0.15) is 0 Å². The molecule has 0 saturated heterocycles. The lowest BCUT2D eigenvalue weighted by Gasteiger charge is -2.08. The Kier molecular flexibility index (Phi) is 3.60. The summed E-state index contributed by atoms with van der Waals surface area (Å²) in [6.07, 6.45) is 0.858. The van der Waals surface area contributed by atoms with Crippen molar-refractivity contribution in [3.05, 3.63) is 52.2 Å². The maximum absolute atomic E-state index is 13.5. The maximum Gasteiger partial charge on any atom is 0.196 e. The molecular formula is C13H7BrF2O. The van der Waals surface area contributed by atoms with Gasteiger partial charge < -0.3 is 4.74 Å². The van der Waals surface area contributed by atoms with E-state index in [1.807, 2.05) is 0 Å². The van der Waals surface area contributed by atoms with E-state index in [0.717, 1.165) is 10.5 Å². The van der Waals surface area contributed by atoms with Crippen LogP contribution in [-0.4, -0.2) is 0 Å². The molecule has 0 amide bonds. The van der Waals surface area contributed by atoms with Crippen LogP contribution >= 0.6 is 15.9 Å². The van der Waals surface area contributed by atoms with Gasteiger partial charge in [0, 0.05) is 10.5 Å². The Morgan fingerprint density at radius 3 is 2.59 bits per heavy atom. The predicted molar refractivity (Wildman–Crippen MR) is 64.5 cm³/mol. The molecule has 0 N–H and O–H groups in total. The molecule has 1 aliphatic carbocycles. The van der Waals surface area contributed by atoms with E-state index in [1.54, 1.807) is 24.3 Å². The van der Waals surface area contributed by atoms with Crippen LogP contribution in [-0.2, 0) is 0 Å². The standard InChI is InChI=1S/C13H7BrF2O/c14-9-5-7-10(8-6-9)17-13-11(15)3-1-2-4-12(13)16/h3,5-8H,4H2. The van der Waals surface area contributed by atoms with Crippen molar-refractivity contribution in [1.82, 2.24) is 0 Å². The van der Waals surface area contributed by atoms with E-state index in [1.165, 1.54) is 0 Å². The number of benzene rings is 1. The smallest absolute Gasteiger partial charge is 0.196 e. The first-order chi connectivity index (χ1) is 8.16. The molecule has 0 heterocycles. The van der Waals surface area contributed by atoms with Crippen molar-refractivity contribution in [2.45, 2.75) is 6.42 Å². The normalized spacial score (nSPS) is 14.6. The maximum atomic E-state index is 13.5. The highest BCUT2D eigenvalue weighted by Gasteiger charge is 2.15. The van der Waals surface area contributed by atoms with Gasteiger partial charge in [0.15, 0.2) is 17.4 Å². The molecule has 0 spiro atoms. The van der Waals surface area contributed by atoms with Crippen molar-refractivity contribution in [2.24, 2.45) is 0 Å². The van der Waals surface area contributed by atoms with Crippen LogP contribution in [0.25, 0.3) is 0 Å². The van der Waals surface area contributed by atoms with Crippen molar-refractivity contribution in [1.29, 1.82) is 0 Å². The molecule has 0 aromatic heterocycles. The lowest BCUT2D eigenvalue weighted by atomic mass is 10.3. The fourth-order valence-electron chi connectivity index (χ4n) is 1.24. The van der Waals surface area contributed by atoms with E-state index in [-0.39, 0.29) is 6.42 Å². The summed E-state index contributed by atoms with van der Waals surface area (Å²) in [5.41, 5.74) is 0. The van der Waals surface area contributed by atoms with E-state index in [0.29, 0.717) is 5.75 Å². The molecular weight excluding hydrogens is 290 g/mol. The Hall–Kier alpha value is -1.60. The van der Waals surface area contributed by atoms with Crippen LogP contribution < -0.4 is 4.74 Å². The first-order valence-corrected chi connectivity index (χ1v) is 5.62. The highest BCUT2D eigenvalue weighted by atomic mass is 79.9. The van der Waals surface area contributed by atoms with Gasteiger partial charge in [0.05, 0.1) is 6.42 Å². The SMILES string of the molecule is FC1=CC#CCC(F)=C1Oc1ccc(Br)cc1. The number of hydrogen-bond acceptors (Lipinski definition) is 1. The van der Waals surface area contributed by atoms with Gasteiger partial charge in [-0.25, -0.2) is 8.78 Å². The van der Waals surface area contributed by atoms with Gasteiger partial charge in [0.1, 0.15) is 5.75 Å². The van der Waals surface area contributed by atoms with Crippen LogP contribution in [0.4, 0.5) is 8.78 Å². The average Bonchev–Trinajstić information content (AvgIpc) is 2.47. The van der Waals surface area contributed by atoms with Gasteiger partial charge in [-0.3, -0.25) is 0 Å². The minimum atomic E-state index is -0.796. The quantitative estimate of drug-likeness (QED) is 0.741. The monoisotopic (exact) mass is 296 g/mol. The van der Waals surface area contributed by atoms with Gasteiger partial charge in [-0.1, -0.05) is 27.8 Å². The van der Waals surface area contributed by atoms with Gasteiger partial charge in [0.2, 0.25) is 0 Å². The molecule has 0 saturated carbocycles. The molecule has 0 aliphatic heterocycles. The highest BCUT2D eigenvalue weighted by Crippen LogP contribution is 2.26. The molecule has 0 fully saturated rings. The third-order valence-corrected chi connectivity index (χ3v) is 2.57. The molecule has 4 heteroatoms. The number of hydrogen-bond donors (Lipinski definition) is 0. The second-order valence-corrected chi connectivity index (χ2v) is 4.20. The van der Waals surface area contributed by atoms with Crippen molar-refractivity contribution in [2.75, 3.05) is 0 Å². The molecule has 1 aromatic carbocycles. The molecule has 0 unspecified atom stereocenters. The van der Waals surface area contributed by atoms with Crippen LogP contribution in [0, 0.1) is 11.8 Å². The van der Waals surface area contributed by atoms with E-state index in [4.69, 9.17) is 4.74 Å². The minimum absolute atomic E-state index is 0.143. The summed E-state index contributed by atoms with van der Waals surface area (Å²) in [5, 5.41) is 0. The second-order valence-electron chi connectivity index (χ2n) is 3.28. The predicted octanol–water partition coefficient (Wildman–Crippen LogP) is 4.27. The van der Waals surface area contributed by atoms with Gasteiger partial charge in [0.25, 0.3) is 0 Å². The molecule has 2 rings (SSSR count). The molecule has 0 atom stereocenters. The average molecular weight is 297 g/mol. The summed E-state index contributed by atoms with van der Waals surface area (Å²) in [7, 11) is 0. The Balaban J connectivity index is 2.26. The first-order valence-electron chi connectivity index (χ1n) is 4.83. The number of allylic oxidation sites excluding steroid dienone is 3. The van der Waals surface area contributed by atoms with E-state index >= 15 is 0 Å². The zero-order chi connectivity index (χ0) is 12.3. The van der Waals surface area contributed by atoms with Crippen LogP contribution in [0.15, 0.2) is 52.2 Å². The zero-order valence-electron chi connectivity index (χ0n) is 8.64. The molecule has 0 radical (unpaired) electrons. The Bertz CT molecular complexity index is 547. The zero-order valence-corrected chi connectivity index (χ0v) is 10.2. The first kappa shape index (κ1) is 11.9. The molecule has 1 nitrogen and oxygen atoms in total. The number of ether oxygens (including phenoxy) is 1. The molecule has 1 aliphatic rings. The van der Waals surface area contributed by atoms with Crippen LogP contribution in [0.5, 0.6) is 5.75 Å². The minimum Gasteiger partial charge on any atom is -0.451 e. The highest BCUT2D eigenvalue weighted by molar-refractivity contribution is 9.10. The summed E-state index contributed by atoms with van der Waals surface area (Å²) in [5.74, 6) is 3.32. The van der Waals surface area contributed by atoms with Gasteiger partial charge in [-0.05, 0) is 24.3 Å². The van der Waals surface area contributed by atoms with Crippen molar-refractivity contribution < 1.29 is 13.5 Å². The summed E-state index contributed by atoms with van der Waals surface area (Å²) in [6.45, 7) is 0. The number of halogens is 3. The summed E-state index contributed by atoms with van der Waals surface area (Å²) in [6, 6.07) is 6.68. The molecule has 17 heavy (non-hydrogen) atoms. The molecule has 1 aromatic rings. The van der Waals surface area contributed by atoms with Crippen LogP contribution in [0.1, 0.15) is 6.42 Å². The second kappa shape index (κ2) is 5.15. The Morgan fingerprint density at radius 2 is 1.88 bits per heavy atom. The molecule has 86 valence electrons. The fraction of sp³-hybridized carbons (Fsp3) is 0.0769. The number of rotatable bonds is 2. The van der Waals surface area contributed by atoms with Gasteiger partial charge >= 0.3 is 0 Å². The van der Waals surface area contributed by atoms with E-state index in [9.17, 15) is 8.78 Å². The summed E-state index contributed by atoms with van der Waals surface area (Å²) in [4.78, 5) is 0. The summed E-state index contributed by atoms with van der Waals surface area (Å²) >= 11 is 3.26. The van der Waals surface area contributed by atoms with Gasteiger partial charge in [-0.15, -0.1) is 0 Å². The lowest BCUT2D eigenvalue weighted by molar-refractivity contribution is 0.375. The Morgan fingerprint density at radius 1 is 1.18 bits per heavy atom. The fourth-order valence-corrected chi connectivity index (χ4v) is 1.51. The molecule has 0 bridgehead atoms. The van der Waals surface area contributed by atoms with Crippen LogP contribution in [0.2, 0.25) is 0 Å². The third-order valence-electron chi connectivity index (χ3n) is 2.04. The topological polar surface area (TPSA) is 9.23 Å². The van der Waals surface area contributed by atoms with E-state index in [2.05, 4.69) is 27.8 Å². The third kappa shape index (κ3) is 2.95. The van der Waals surface area contributed by atoms with Crippen molar-refractivity contribution >= 4 is 15.9 Å². The Labute approximate surface area is 106 Å². The summed E-state index contributed by atoms with van der Waals surface area (Å²) < 4.78 is 33.0. The van der Waals surface area contributed by atoms with Crippen LogP contribution in [0.3, 0.4) is 0 Å². The van der Waals surface area contributed by atoms with Crippen molar-refractivity contribution in [3.8, 4) is 17.6 Å². The largest absolute Gasteiger partial charge is 0.451 e. The van der Waals surface area contributed by atoms with E-state index < -0.39 is 17.4 Å².